The summed E-state index contributed by atoms with van der Waals surface area (Å²) in [6, 6.07) is 38.3. The summed E-state index contributed by atoms with van der Waals surface area (Å²) in [4.78, 5) is 4.98. The molecule has 4 aromatic carbocycles. The molecule has 2 nitrogen and oxygen atoms in total. The molecule has 0 aliphatic carbocycles. The fourth-order valence-electron chi connectivity index (χ4n) is 4.30. The Morgan fingerprint density at radius 1 is 0.552 bits per heavy atom. The maximum Gasteiger partial charge on any atom is 0.0716 e. The second kappa shape index (κ2) is 6.32. The molecule has 6 aromatic rings. The predicted octanol–water partition coefficient (Wildman–Crippen LogP) is 7.00. The summed E-state index contributed by atoms with van der Waals surface area (Å²) in [7, 11) is 0. The van der Waals surface area contributed by atoms with Crippen molar-refractivity contribution in [3.63, 3.8) is 0 Å². The van der Waals surface area contributed by atoms with E-state index in [1.807, 2.05) is 6.07 Å². The van der Waals surface area contributed by atoms with Crippen LogP contribution in [0.25, 0.3) is 49.7 Å². The van der Waals surface area contributed by atoms with Crippen molar-refractivity contribution in [2.45, 2.75) is 0 Å². The number of benzene rings is 4. The molecule has 0 amide bonds. The highest BCUT2D eigenvalue weighted by Gasteiger charge is 2.16. The molecular formula is C27H18N2. The highest BCUT2D eigenvalue weighted by molar-refractivity contribution is 6.15. The molecule has 0 radical (unpaired) electrons. The lowest BCUT2D eigenvalue weighted by atomic mass is 10.0. The van der Waals surface area contributed by atoms with Crippen molar-refractivity contribution in [1.82, 2.24) is 9.55 Å². The maximum absolute atomic E-state index is 4.98. The normalized spacial score (nSPS) is 11.4. The fourth-order valence-corrected chi connectivity index (χ4v) is 4.30. The van der Waals surface area contributed by atoms with Gasteiger partial charge in [-0.3, -0.25) is 0 Å². The van der Waals surface area contributed by atoms with Gasteiger partial charge in [0.1, 0.15) is 0 Å². The van der Waals surface area contributed by atoms with Gasteiger partial charge in [-0.25, -0.2) is 4.98 Å². The van der Waals surface area contributed by atoms with Gasteiger partial charge in [-0.1, -0.05) is 72.8 Å². The van der Waals surface area contributed by atoms with Gasteiger partial charge in [-0.15, -0.1) is 0 Å². The van der Waals surface area contributed by atoms with Gasteiger partial charge in [0.2, 0.25) is 0 Å². The number of pyridine rings is 1. The molecular weight excluding hydrogens is 352 g/mol. The monoisotopic (exact) mass is 370 g/mol. The Morgan fingerprint density at radius 2 is 1.31 bits per heavy atom. The van der Waals surface area contributed by atoms with Crippen molar-refractivity contribution in [3.8, 4) is 16.9 Å². The van der Waals surface area contributed by atoms with Crippen LogP contribution in [0.5, 0.6) is 0 Å². The van der Waals surface area contributed by atoms with Gasteiger partial charge in [0.05, 0.1) is 22.2 Å². The van der Waals surface area contributed by atoms with Crippen molar-refractivity contribution in [2.75, 3.05) is 0 Å². The van der Waals surface area contributed by atoms with Gasteiger partial charge < -0.3 is 4.57 Å². The Bertz CT molecular complexity index is 1490. The molecule has 0 atom stereocenters. The highest BCUT2D eigenvalue weighted by atomic mass is 15.0. The molecule has 2 aromatic heterocycles. The van der Waals surface area contributed by atoms with Crippen molar-refractivity contribution in [1.29, 1.82) is 0 Å². The fraction of sp³-hybridized carbons (Fsp3) is 0. The lowest BCUT2D eigenvalue weighted by Gasteiger charge is -2.08. The number of rotatable bonds is 2. The van der Waals surface area contributed by atoms with E-state index in [0.29, 0.717) is 0 Å². The Morgan fingerprint density at radius 3 is 2.24 bits per heavy atom. The van der Waals surface area contributed by atoms with Crippen LogP contribution in [0.3, 0.4) is 0 Å². The molecule has 0 fully saturated rings. The quantitative estimate of drug-likeness (QED) is 0.321. The van der Waals surface area contributed by atoms with Gasteiger partial charge in [-0.2, -0.15) is 0 Å². The zero-order valence-corrected chi connectivity index (χ0v) is 15.8. The molecule has 0 bridgehead atoms. The molecule has 0 saturated carbocycles. The van der Waals surface area contributed by atoms with Crippen LogP contribution in [0.2, 0.25) is 0 Å². The van der Waals surface area contributed by atoms with E-state index in [0.717, 1.165) is 16.6 Å². The zero-order valence-electron chi connectivity index (χ0n) is 15.8. The lowest BCUT2D eigenvalue weighted by Crippen LogP contribution is -1.93. The minimum absolute atomic E-state index is 1.00. The van der Waals surface area contributed by atoms with E-state index < -0.39 is 0 Å². The topological polar surface area (TPSA) is 17.8 Å². The third kappa shape index (κ3) is 2.46. The standard InChI is InChI=1S/C27H18N2/c1-2-10-20(11-3-1)29-25-15-7-5-12-22(25)27-21(13-8-16-26(27)29)24-18-17-19-9-4-6-14-23(19)28-24/h1-18H. The number of para-hydroxylation sites is 3. The summed E-state index contributed by atoms with van der Waals surface area (Å²) in [5.41, 5.74) is 6.77. The van der Waals surface area contributed by atoms with Gasteiger partial charge in [-0.05, 0) is 36.4 Å². The van der Waals surface area contributed by atoms with Crippen LogP contribution in [0.1, 0.15) is 0 Å². The maximum atomic E-state index is 4.98. The van der Waals surface area contributed by atoms with Gasteiger partial charge in [0.25, 0.3) is 0 Å². The Balaban J connectivity index is 1.73. The number of fused-ring (bicyclic) bond motifs is 4. The minimum atomic E-state index is 1.00. The highest BCUT2D eigenvalue weighted by Crippen LogP contribution is 2.38. The van der Waals surface area contributed by atoms with E-state index in [-0.39, 0.29) is 0 Å². The molecule has 0 N–H and O–H groups in total. The Labute approximate surface area is 168 Å². The third-order valence-electron chi connectivity index (χ3n) is 5.59. The first-order valence-corrected chi connectivity index (χ1v) is 9.84. The van der Waals surface area contributed by atoms with Crippen molar-refractivity contribution in [2.24, 2.45) is 0 Å². The molecule has 0 aliphatic rings. The lowest BCUT2D eigenvalue weighted by molar-refractivity contribution is 1.18. The van der Waals surface area contributed by atoms with E-state index in [1.54, 1.807) is 0 Å². The zero-order chi connectivity index (χ0) is 19.2. The van der Waals surface area contributed by atoms with Crippen LogP contribution >= 0.6 is 0 Å². The molecule has 136 valence electrons. The van der Waals surface area contributed by atoms with E-state index in [4.69, 9.17) is 4.98 Å². The average molecular weight is 370 g/mol. The van der Waals surface area contributed by atoms with Crippen molar-refractivity contribution < 1.29 is 0 Å². The van der Waals surface area contributed by atoms with Crippen LogP contribution in [0.4, 0.5) is 0 Å². The molecule has 29 heavy (non-hydrogen) atoms. The summed E-state index contributed by atoms with van der Waals surface area (Å²) in [5, 5.41) is 3.65. The molecule has 2 heterocycles. The Hall–Kier alpha value is -3.91. The minimum Gasteiger partial charge on any atom is -0.309 e. The molecule has 0 spiro atoms. The summed E-state index contributed by atoms with van der Waals surface area (Å²) >= 11 is 0. The molecule has 0 saturated heterocycles. The van der Waals surface area contributed by atoms with Crippen LogP contribution in [0.15, 0.2) is 109 Å². The summed E-state index contributed by atoms with van der Waals surface area (Å²) in [6.45, 7) is 0. The van der Waals surface area contributed by atoms with Gasteiger partial charge >= 0.3 is 0 Å². The number of nitrogens with zero attached hydrogens (tertiary/aromatic N) is 2. The van der Waals surface area contributed by atoms with E-state index in [2.05, 4.69) is 108 Å². The molecule has 6 rings (SSSR count). The number of hydrogen-bond acceptors (Lipinski definition) is 1. The molecule has 0 aliphatic heterocycles. The second-order valence-corrected chi connectivity index (χ2v) is 7.28. The Kier molecular flexibility index (Phi) is 3.50. The first-order chi connectivity index (χ1) is 14.4. The number of hydrogen-bond donors (Lipinski definition) is 0. The SMILES string of the molecule is c1ccc(-n2c3ccccc3c3c(-c4ccc5ccccc5n4)cccc32)cc1. The first kappa shape index (κ1) is 16.1. The first-order valence-electron chi connectivity index (χ1n) is 9.84. The third-order valence-corrected chi connectivity index (χ3v) is 5.59. The van der Waals surface area contributed by atoms with E-state index in [1.165, 1.54) is 33.1 Å². The van der Waals surface area contributed by atoms with Gasteiger partial charge in [0.15, 0.2) is 0 Å². The van der Waals surface area contributed by atoms with Crippen LogP contribution in [-0.2, 0) is 0 Å². The molecule has 0 unspecified atom stereocenters. The van der Waals surface area contributed by atoms with Crippen molar-refractivity contribution in [3.05, 3.63) is 109 Å². The van der Waals surface area contributed by atoms with Crippen LogP contribution in [-0.4, -0.2) is 9.55 Å². The largest absolute Gasteiger partial charge is 0.309 e. The van der Waals surface area contributed by atoms with Crippen LogP contribution in [0, 0.1) is 0 Å². The predicted molar refractivity (Wildman–Crippen MR) is 122 cm³/mol. The van der Waals surface area contributed by atoms with Crippen LogP contribution < -0.4 is 0 Å². The van der Waals surface area contributed by atoms with E-state index >= 15 is 0 Å². The smallest absolute Gasteiger partial charge is 0.0716 e. The summed E-state index contributed by atoms with van der Waals surface area (Å²) < 4.78 is 2.34. The molecule has 2 heteroatoms. The van der Waals surface area contributed by atoms with Crippen molar-refractivity contribution >= 4 is 32.7 Å². The summed E-state index contributed by atoms with van der Waals surface area (Å²) in [6.07, 6.45) is 0. The second-order valence-electron chi connectivity index (χ2n) is 7.28. The number of aromatic nitrogens is 2. The average Bonchev–Trinajstić information content (AvgIpc) is 3.14. The van der Waals surface area contributed by atoms with Gasteiger partial charge in [0, 0.05) is 27.4 Å². The van der Waals surface area contributed by atoms with E-state index in [9.17, 15) is 0 Å². The summed E-state index contributed by atoms with van der Waals surface area (Å²) in [5.74, 6) is 0.